The Morgan fingerprint density at radius 2 is 1.62 bits per heavy atom. The van der Waals surface area contributed by atoms with Crippen molar-refractivity contribution in [1.82, 2.24) is 5.32 Å². The van der Waals surface area contributed by atoms with Gasteiger partial charge in [-0.05, 0) is 39.3 Å². The van der Waals surface area contributed by atoms with Crippen LogP contribution >= 0.6 is 0 Å². The Kier molecular flexibility index (Phi) is 5.03. The molecule has 2 heteroatoms. The van der Waals surface area contributed by atoms with E-state index in [0.717, 1.165) is 5.75 Å². The van der Waals surface area contributed by atoms with Crippen molar-refractivity contribution < 1.29 is 4.74 Å². The summed E-state index contributed by atoms with van der Waals surface area (Å²) >= 11 is 0. The maximum atomic E-state index is 5.49. The Hall–Kier alpha value is -1.80. The van der Waals surface area contributed by atoms with Crippen molar-refractivity contribution in [3.63, 3.8) is 0 Å². The predicted molar refractivity (Wildman–Crippen MR) is 88.9 cm³/mol. The van der Waals surface area contributed by atoms with Gasteiger partial charge in [0.25, 0.3) is 0 Å². The van der Waals surface area contributed by atoms with Crippen LogP contribution in [0, 0.1) is 13.8 Å². The minimum Gasteiger partial charge on any atom is -0.496 e. The summed E-state index contributed by atoms with van der Waals surface area (Å²) in [6, 6.07) is 15.5. The highest BCUT2D eigenvalue weighted by molar-refractivity contribution is 5.39. The molecule has 0 bridgehead atoms. The molecule has 2 nitrogen and oxygen atoms in total. The molecule has 2 atom stereocenters. The van der Waals surface area contributed by atoms with E-state index >= 15 is 0 Å². The maximum Gasteiger partial charge on any atom is 0.123 e. The molecule has 21 heavy (non-hydrogen) atoms. The monoisotopic (exact) mass is 283 g/mol. The first-order valence-corrected chi connectivity index (χ1v) is 7.48. The molecule has 0 radical (unpaired) electrons. The largest absolute Gasteiger partial charge is 0.496 e. The van der Waals surface area contributed by atoms with Crippen LogP contribution in [0.4, 0.5) is 0 Å². The van der Waals surface area contributed by atoms with Gasteiger partial charge in [-0.15, -0.1) is 0 Å². The molecule has 0 aliphatic rings. The predicted octanol–water partition coefficient (Wildman–Crippen LogP) is 4.72. The van der Waals surface area contributed by atoms with Crippen molar-refractivity contribution >= 4 is 0 Å². The average molecular weight is 283 g/mol. The lowest BCUT2D eigenvalue weighted by atomic mass is 10.0. The fourth-order valence-corrected chi connectivity index (χ4v) is 2.69. The number of methoxy groups -OCH3 is 1. The van der Waals surface area contributed by atoms with Crippen LogP contribution < -0.4 is 10.1 Å². The van der Waals surface area contributed by atoms with Gasteiger partial charge in [0.2, 0.25) is 0 Å². The molecule has 0 spiro atoms. The Bertz CT molecular complexity index is 606. The van der Waals surface area contributed by atoms with Gasteiger partial charge in [0.15, 0.2) is 0 Å². The van der Waals surface area contributed by atoms with E-state index in [1.807, 2.05) is 6.07 Å². The van der Waals surface area contributed by atoms with Crippen LogP contribution in [0.5, 0.6) is 5.75 Å². The maximum absolute atomic E-state index is 5.49. The smallest absolute Gasteiger partial charge is 0.123 e. The third-order valence-electron chi connectivity index (χ3n) is 3.89. The molecule has 112 valence electrons. The molecule has 0 saturated carbocycles. The topological polar surface area (TPSA) is 21.3 Å². The van der Waals surface area contributed by atoms with Gasteiger partial charge in [-0.1, -0.05) is 47.5 Å². The Morgan fingerprint density at radius 1 is 0.905 bits per heavy atom. The van der Waals surface area contributed by atoms with Gasteiger partial charge in [-0.2, -0.15) is 0 Å². The van der Waals surface area contributed by atoms with Gasteiger partial charge < -0.3 is 10.1 Å². The summed E-state index contributed by atoms with van der Waals surface area (Å²) in [5.74, 6) is 0.942. The van der Waals surface area contributed by atoms with E-state index in [4.69, 9.17) is 4.74 Å². The number of hydrogen-bond donors (Lipinski definition) is 1. The second-order valence-corrected chi connectivity index (χ2v) is 5.77. The van der Waals surface area contributed by atoms with Crippen LogP contribution in [0.2, 0.25) is 0 Å². The zero-order valence-electron chi connectivity index (χ0n) is 13.6. The number of nitrogens with one attached hydrogen (secondary N) is 1. The molecular formula is C19H25NO. The molecule has 0 heterocycles. The molecule has 2 rings (SSSR count). The molecule has 0 aromatic heterocycles. The van der Waals surface area contributed by atoms with Crippen LogP contribution in [0.25, 0.3) is 0 Å². The zero-order valence-corrected chi connectivity index (χ0v) is 13.6. The highest BCUT2D eigenvalue weighted by atomic mass is 16.5. The number of rotatable bonds is 5. The van der Waals surface area contributed by atoms with Crippen LogP contribution in [-0.2, 0) is 0 Å². The molecule has 0 saturated heterocycles. The van der Waals surface area contributed by atoms with E-state index in [1.165, 1.54) is 22.3 Å². The summed E-state index contributed by atoms with van der Waals surface area (Å²) in [6.07, 6.45) is 0. The lowest BCUT2D eigenvalue weighted by molar-refractivity contribution is 0.396. The summed E-state index contributed by atoms with van der Waals surface area (Å²) < 4.78 is 5.49. The standard InChI is InChI=1S/C19H25NO/c1-13-7-6-8-17(11-13)15(3)20-16(4)18-12-14(2)9-10-19(18)21-5/h6-12,15-16,20H,1-5H3/t15-,16?/m1/s1. The summed E-state index contributed by atoms with van der Waals surface area (Å²) in [5.41, 5.74) is 5.06. The molecule has 1 N–H and O–H groups in total. The van der Waals surface area contributed by atoms with Crippen molar-refractivity contribution in [2.24, 2.45) is 0 Å². The number of benzene rings is 2. The molecule has 1 unspecified atom stereocenters. The van der Waals surface area contributed by atoms with Gasteiger partial charge >= 0.3 is 0 Å². The first-order valence-electron chi connectivity index (χ1n) is 7.48. The molecule has 0 fully saturated rings. The number of ether oxygens (including phenoxy) is 1. The van der Waals surface area contributed by atoms with Crippen molar-refractivity contribution in [1.29, 1.82) is 0 Å². The van der Waals surface area contributed by atoms with Crippen molar-refractivity contribution in [3.05, 3.63) is 64.7 Å². The minimum atomic E-state index is 0.232. The van der Waals surface area contributed by atoms with Gasteiger partial charge in [0, 0.05) is 17.6 Å². The Labute approximate surface area is 128 Å². The third-order valence-corrected chi connectivity index (χ3v) is 3.89. The third kappa shape index (κ3) is 3.85. The number of aryl methyl sites for hydroxylation is 2. The Balaban J connectivity index is 2.17. The minimum absolute atomic E-state index is 0.232. The first-order chi connectivity index (χ1) is 10.0. The SMILES string of the molecule is COc1ccc(C)cc1C(C)N[C@H](C)c1cccc(C)c1. The van der Waals surface area contributed by atoms with E-state index in [1.54, 1.807) is 7.11 Å². The van der Waals surface area contributed by atoms with E-state index in [9.17, 15) is 0 Å². The van der Waals surface area contributed by atoms with Crippen molar-refractivity contribution in [2.45, 2.75) is 39.8 Å². The molecule has 0 aliphatic heterocycles. The quantitative estimate of drug-likeness (QED) is 0.857. The van der Waals surface area contributed by atoms with Gasteiger partial charge in [-0.25, -0.2) is 0 Å². The second-order valence-electron chi connectivity index (χ2n) is 5.77. The highest BCUT2D eigenvalue weighted by Gasteiger charge is 2.15. The lowest BCUT2D eigenvalue weighted by Crippen LogP contribution is -2.23. The van der Waals surface area contributed by atoms with Crippen LogP contribution in [0.15, 0.2) is 42.5 Å². The number of hydrogen-bond acceptors (Lipinski definition) is 2. The van der Waals surface area contributed by atoms with E-state index in [2.05, 4.69) is 69.4 Å². The second kappa shape index (κ2) is 6.77. The summed E-state index contributed by atoms with van der Waals surface area (Å²) in [4.78, 5) is 0. The van der Waals surface area contributed by atoms with E-state index < -0.39 is 0 Å². The summed E-state index contributed by atoms with van der Waals surface area (Å²) in [6.45, 7) is 8.63. The molecule has 0 aliphatic carbocycles. The highest BCUT2D eigenvalue weighted by Crippen LogP contribution is 2.28. The van der Waals surface area contributed by atoms with Gasteiger partial charge in [-0.3, -0.25) is 0 Å². The first kappa shape index (κ1) is 15.6. The van der Waals surface area contributed by atoms with Crippen LogP contribution in [-0.4, -0.2) is 7.11 Å². The lowest BCUT2D eigenvalue weighted by Gasteiger charge is -2.23. The summed E-state index contributed by atoms with van der Waals surface area (Å²) in [7, 11) is 1.73. The summed E-state index contributed by atoms with van der Waals surface area (Å²) in [5, 5.41) is 3.66. The Morgan fingerprint density at radius 3 is 2.29 bits per heavy atom. The average Bonchev–Trinajstić information content (AvgIpc) is 2.47. The molecule has 2 aromatic rings. The van der Waals surface area contributed by atoms with Crippen LogP contribution in [0.1, 0.15) is 48.2 Å². The van der Waals surface area contributed by atoms with E-state index in [-0.39, 0.29) is 6.04 Å². The van der Waals surface area contributed by atoms with Gasteiger partial charge in [0.05, 0.1) is 7.11 Å². The van der Waals surface area contributed by atoms with Crippen molar-refractivity contribution in [2.75, 3.05) is 7.11 Å². The van der Waals surface area contributed by atoms with E-state index in [0.29, 0.717) is 6.04 Å². The zero-order chi connectivity index (χ0) is 15.4. The molecule has 0 amide bonds. The fourth-order valence-electron chi connectivity index (χ4n) is 2.69. The molecular weight excluding hydrogens is 258 g/mol. The fraction of sp³-hybridized carbons (Fsp3) is 0.368. The van der Waals surface area contributed by atoms with Crippen LogP contribution in [0.3, 0.4) is 0 Å². The van der Waals surface area contributed by atoms with Crippen molar-refractivity contribution in [3.8, 4) is 5.75 Å². The van der Waals surface area contributed by atoms with Gasteiger partial charge in [0.1, 0.15) is 5.75 Å². The normalized spacial score (nSPS) is 13.8. The molecule has 2 aromatic carbocycles.